The molecule has 1 amide bonds. The van der Waals surface area contributed by atoms with Gasteiger partial charge in [0.25, 0.3) is 0 Å². The molecule has 0 aliphatic heterocycles. The minimum Gasteiger partial charge on any atom is -0.355 e. The van der Waals surface area contributed by atoms with Gasteiger partial charge < -0.3 is 11.1 Å². The number of amides is 1. The number of carbonyl (C=O) groups is 1. The second kappa shape index (κ2) is 6.75. The van der Waals surface area contributed by atoms with E-state index in [0.29, 0.717) is 30.4 Å². The Balaban J connectivity index is 0.00000161. The molecule has 21 heavy (non-hydrogen) atoms. The molecule has 3 N–H and O–H groups in total. The van der Waals surface area contributed by atoms with Gasteiger partial charge in [-0.3, -0.25) is 4.79 Å². The number of nitrogens with two attached hydrogens (primary N) is 1. The fourth-order valence-corrected chi connectivity index (χ4v) is 3.86. The second-order valence-corrected chi connectivity index (χ2v) is 6.07. The molecule has 2 bridgehead atoms. The van der Waals surface area contributed by atoms with Crippen LogP contribution < -0.4 is 11.1 Å². The van der Waals surface area contributed by atoms with E-state index in [1.54, 1.807) is 12.1 Å². The molecule has 0 aromatic heterocycles. The summed E-state index contributed by atoms with van der Waals surface area (Å²) in [4.78, 5) is 12.2. The zero-order valence-corrected chi connectivity index (χ0v) is 12.7. The molecule has 5 heteroatoms. The van der Waals surface area contributed by atoms with E-state index < -0.39 is 0 Å². The maximum absolute atomic E-state index is 13.5. The van der Waals surface area contributed by atoms with Crippen molar-refractivity contribution in [3.8, 4) is 0 Å². The number of hydrogen-bond acceptors (Lipinski definition) is 2. The zero-order chi connectivity index (χ0) is 14.1. The summed E-state index contributed by atoms with van der Waals surface area (Å²) in [5.41, 5.74) is 6.79. The van der Waals surface area contributed by atoms with Crippen molar-refractivity contribution in [3.63, 3.8) is 0 Å². The molecule has 4 atom stereocenters. The molecule has 3 rings (SSSR count). The van der Waals surface area contributed by atoms with E-state index in [4.69, 9.17) is 5.73 Å². The predicted molar refractivity (Wildman–Crippen MR) is 82.7 cm³/mol. The topological polar surface area (TPSA) is 55.1 Å². The third kappa shape index (κ3) is 3.22. The molecule has 3 nitrogen and oxygen atoms in total. The van der Waals surface area contributed by atoms with Gasteiger partial charge in [-0.05, 0) is 49.1 Å². The number of nitrogens with one attached hydrogen (secondary N) is 1. The number of fused-ring (bicyclic) bond motifs is 2. The van der Waals surface area contributed by atoms with Crippen LogP contribution in [0, 0.1) is 23.6 Å². The second-order valence-electron chi connectivity index (χ2n) is 6.07. The summed E-state index contributed by atoms with van der Waals surface area (Å²) in [6.07, 6.45) is 3.93. The standard InChI is InChI=1S/C16H21FN2O.ClH/c17-13-4-2-1-3-10(13)7-8-19-16(20)14-11-5-6-12(9-11)15(14)18;/h1-4,11-12,14-15H,5-9,18H2,(H,19,20);1H. The lowest BCUT2D eigenvalue weighted by Crippen LogP contribution is -2.45. The van der Waals surface area contributed by atoms with Crippen molar-refractivity contribution in [2.24, 2.45) is 23.5 Å². The lowest BCUT2D eigenvalue weighted by atomic mass is 9.84. The van der Waals surface area contributed by atoms with Gasteiger partial charge in [0.1, 0.15) is 5.82 Å². The predicted octanol–water partition coefficient (Wildman–Crippen LogP) is 2.28. The van der Waals surface area contributed by atoms with Gasteiger partial charge in [0.05, 0.1) is 5.92 Å². The highest BCUT2D eigenvalue weighted by atomic mass is 35.5. The lowest BCUT2D eigenvalue weighted by molar-refractivity contribution is -0.127. The summed E-state index contributed by atoms with van der Waals surface area (Å²) in [7, 11) is 0. The smallest absolute Gasteiger partial charge is 0.224 e. The monoisotopic (exact) mass is 312 g/mol. The van der Waals surface area contributed by atoms with E-state index in [1.165, 1.54) is 12.5 Å². The molecule has 116 valence electrons. The number of benzene rings is 1. The Bertz CT molecular complexity index is 509. The first-order chi connectivity index (χ1) is 9.66. The van der Waals surface area contributed by atoms with Gasteiger partial charge in [0.15, 0.2) is 0 Å². The van der Waals surface area contributed by atoms with E-state index >= 15 is 0 Å². The Morgan fingerprint density at radius 2 is 2.00 bits per heavy atom. The zero-order valence-electron chi connectivity index (χ0n) is 11.9. The summed E-state index contributed by atoms with van der Waals surface area (Å²) in [6.45, 7) is 0.473. The highest BCUT2D eigenvalue weighted by Gasteiger charge is 2.48. The fraction of sp³-hybridized carbons (Fsp3) is 0.562. The van der Waals surface area contributed by atoms with E-state index in [-0.39, 0.29) is 36.1 Å². The first-order valence-corrected chi connectivity index (χ1v) is 7.43. The van der Waals surface area contributed by atoms with Crippen molar-refractivity contribution in [3.05, 3.63) is 35.6 Å². The lowest BCUT2D eigenvalue weighted by Gasteiger charge is -2.27. The molecule has 1 aromatic rings. The van der Waals surface area contributed by atoms with Gasteiger partial charge in [0, 0.05) is 12.6 Å². The molecule has 2 fully saturated rings. The van der Waals surface area contributed by atoms with Gasteiger partial charge in [-0.25, -0.2) is 4.39 Å². The van der Waals surface area contributed by atoms with Crippen LogP contribution in [0.5, 0.6) is 0 Å². The Hall–Kier alpha value is -1.13. The molecule has 1 aromatic carbocycles. The SMILES string of the molecule is Cl.NC1C2CCC(C2)C1C(=O)NCCc1ccccc1F. The highest BCUT2D eigenvalue weighted by molar-refractivity contribution is 5.85. The molecule has 0 saturated heterocycles. The summed E-state index contributed by atoms with van der Waals surface area (Å²) >= 11 is 0. The first kappa shape index (κ1) is 16.2. The Morgan fingerprint density at radius 1 is 1.29 bits per heavy atom. The van der Waals surface area contributed by atoms with Crippen LogP contribution >= 0.6 is 12.4 Å². The van der Waals surface area contributed by atoms with Crippen LogP contribution in [-0.4, -0.2) is 18.5 Å². The molecule has 2 aliphatic carbocycles. The van der Waals surface area contributed by atoms with Gasteiger partial charge in [-0.15, -0.1) is 12.4 Å². The van der Waals surface area contributed by atoms with Gasteiger partial charge in [0.2, 0.25) is 5.91 Å². The number of rotatable bonds is 4. The fourth-order valence-electron chi connectivity index (χ4n) is 3.86. The summed E-state index contributed by atoms with van der Waals surface area (Å²) in [6, 6.07) is 6.70. The normalized spacial score (nSPS) is 30.0. The third-order valence-electron chi connectivity index (χ3n) is 4.93. The molecule has 2 aliphatic rings. The Morgan fingerprint density at radius 3 is 2.67 bits per heavy atom. The van der Waals surface area contributed by atoms with Crippen LogP contribution in [0.15, 0.2) is 24.3 Å². The molecule has 0 heterocycles. The van der Waals surface area contributed by atoms with Crippen molar-refractivity contribution in [1.82, 2.24) is 5.32 Å². The quantitative estimate of drug-likeness (QED) is 0.896. The minimum absolute atomic E-state index is 0. The molecule has 0 radical (unpaired) electrons. The Kier molecular flexibility index (Phi) is 5.22. The van der Waals surface area contributed by atoms with Crippen LogP contribution in [0.25, 0.3) is 0 Å². The van der Waals surface area contributed by atoms with Crippen molar-refractivity contribution < 1.29 is 9.18 Å². The number of carbonyl (C=O) groups excluding carboxylic acids is 1. The van der Waals surface area contributed by atoms with Gasteiger partial charge >= 0.3 is 0 Å². The van der Waals surface area contributed by atoms with E-state index in [0.717, 1.165) is 12.8 Å². The number of halogens is 2. The van der Waals surface area contributed by atoms with Gasteiger partial charge in [-0.1, -0.05) is 18.2 Å². The van der Waals surface area contributed by atoms with Crippen molar-refractivity contribution >= 4 is 18.3 Å². The molecule has 4 unspecified atom stereocenters. The van der Waals surface area contributed by atoms with E-state index in [2.05, 4.69) is 5.32 Å². The Labute approximate surface area is 130 Å². The average molecular weight is 313 g/mol. The van der Waals surface area contributed by atoms with E-state index in [9.17, 15) is 9.18 Å². The van der Waals surface area contributed by atoms with Crippen molar-refractivity contribution in [2.75, 3.05) is 6.54 Å². The largest absolute Gasteiger partial charge is 0.355 e. The third-order valence-corrected chi connectivity index (χ3v) is 4.93. The minimum atomic E-state index is -0.210. The number of hydrogen-bond donors (Lipinski definition) is 2. The first-order valence-electron chi connectivity index (χ1n) is 7.43. The van der Waals surface area contributed by atoms with Gasteiger partial charge in [-0.2, -0.15) is 0 Å². The highest BCUT2D eigenvalue weighted by Crippen LogP contribution is 2.47. The maximum atomic E-state index is 13.5. The maximum Gasteiger partial charge on any atom is 0.224 e. The van der Waals surface area contributed by atoms with Crippen LogP contribution in [-0.2, 0) is 11.2 Å². The average Bonchev–Trinajstić information content (AvgIpc) is 3.01. The van der Waals surface area contributed by atoms with Crippen molar-refractivity contribution in [1.29, 1.82) is 0 Å². The summed E-state index contributed by atoms with van der Waals surface area (Å²) in [5.74, 6) is 0.805. The van der Waals surface area contributed by atoms with Crippen LogP contribution in [0.2, 0.25) is 0 Å². The van der Waals surface area contributed by atoms with Crippen LogP contribution in [0.4, 0.5) is 4.39 Å². The molecule has 0 spiro atoms. The van der Waals surface area contributed by atoms with Crippen LogP contribution in [0.3, 0.4) is 0 Å². The van der Waals surface area contributed by atoms with E-state index in [1.807, 2.05) is 6.07 Å². The van der Waals surface area contributed by atoms with Crippen LogP contribution in [0.1, 0.15) is 24.8 Å². The summed E-state index contributed by atoms with van der Waals surface area (Å²) < 4.78 is 13.5. The molecule has 2 saturated carbocycles. The molecular weight excluding hydrogens is 291 g/mol. The van der Waals surface area contributed by atoms with Crippen molar-refractivity contribution in [2.45, 2.75) is 31.7 Å². The molecular formula is C16H22ClFN2O. The summed E-state index contributed by atoms with van der Waals surface area (Å²) in [5, 5.41) is 2.93.